The van der Waals surface area contributed by atoms with Crippen molar-refractivity contribution < 1.29 is 4.79 Å². The third-order valence-corrected chi connectivity index (χ3v) is 4.10. The average Bonchev–Trinajstić information content (AvgIpc) is 2.66. The van der Waals surface area contributed by atoms with Crippen molar-refractivity contribution in [2.24, 2.45) is 5.73 Å². The molecule has 2 atom stereocenters. The summed E-state index contributed by atoms with van der Waals surface area (Å²) in [4.78, 5) is 18.7. The van der Waals surface area contributed by atoms with Crippen molar-refractivity contribution in [2.75, 3.05) is 0 Å². The number of thiazole rings is 1. The fraction of sp³-hybridized carbons (Fsp3) is 0.692. The second-order valence-electron chi connectivity index (χ2n) is 5.87. The average molecular weight is 267 g/mol. The van der Waals surface area contributed by atoms with Crippen molar-refractivity contribution in [1.29, 1.82) is 0 Å². The van der Waals surface area contributed by atoms with Gasteiger partial charge >= 0.3 is 0 Å². The van der Waals surface area contributed by atoms with Crippen LogP contribution in [0.25, 0.3) is 0 Å². The highest BCUT2D eigenvalue weighted by molar-refractivity contribution is 7.09. The van der Waals surface area contributed by atoms with Gasteiger partial charge in [-0.05, 0) is 34.1 Å². The van der Waals surface area contributed by atoms with Crippen molar-refractivity contribution in [3.05, 3.63) is 16.1 Å². The van der Waals surface area contributed by atoms with E-state index in [-0.39, 0.29) is 23.5 Å². The third kappa shape index (κ3) is 2.42. The predicted octanol–water partition coefficient (Wildman–Crippen LogP) is 2.24. The molecule has 100 valence electrons. The summed E-state index contributed by atoms with van der Waals surface area (Å²) in [5.41, 5.74) is 6.95. The summed E-state index contributed by atoms with van der Waals surface area (Å²) in [5, 5.41) is 3.04. The molecule has 0 saturated carbocycles. The molecule has 2 rings (SSSR count). The summed E-state index contributed by atoms with van der Waals surface area (Å²) in [6.45, 7) is 8.13. The van der Waals surface area contributed by atoms with Gasteiger partial charge in [-0.1, -0.05) is 0 Å². The molecule has 0 bridgehead atoms. The van der Waals surface area contributed by atoms with Gasteiger partial charge in [-0.2, -0.15) is 0 Å². The molecule has 4 nitrogen and oxygen atoms in total. The van der Waals surface area contributed by atoms with Gasteiger partial charge in [0.2, 0.25) is 5.91 Å². The number of aryl methyl sites for hydroxylation is 1. The molecule has 18 heavy (non-hydrogen) atoms. The van der Waals surface area contributed by atoms with Crippen molar-refractivity contribution in [3.8, 4) is 0 Å². The highest BCUT2D eigenvalue weighted by atomic mass is 32.1. The minimum atomic E-state index is -0.225. The van der Waals surface area contributed by atoms with E-state index in [4.69, 9.17) is 5.73 Å². The standard InChI is InChI=1S/C13H21N3OS/c1-8-15-10(7-18-8)12-9(14)5-6-11(17)16(12)13(2,3)4/h7,9,12H,5-6,14H2,1-4H3. The molecular formula is C13H21N3OS. The van der Waals surface area contributed by atoms with Crippen LogP contribution in [0.3, 0.4) is 0 Å². The zero-order valence-corrected chi connectivity index (χ0v) is 12.3. The summed E-state index contributed by atoms with van der Waals surface area (Å²) in [6, 6.07) is -0.111. The first-order valence-corrected chi connectivity index (χ1v) is 7.18. The molecule has 1 aliphatic heterocycles. The first-order chi connectivity index (χ1) is 8.30. The zero-order chi connectivity index (χ0) is 13.5. The minimum Gasteiger partial charge on any atom is -0.328 e. The smallest absolute Gasteiger partial charge is 0.223 e. The fourth-order valence-electron chi connectivity index (χ4n) is 2.57. The number of aromatic nitrogens is 1. The number of likely N-dealkylation sites (tertiary alicyclic amines) is 1. The lowest BCUT2D eigenvalue weighted by Gasteiger charge is -2.46. The maximum atomic E-state index is 12.2. The molecule has 0 aromatic carbocycles. The lowest BCUT2D eigenvalue weighted by Crippen LogP contribution is -2.56. The van der Waals surface area contributed by atoms with E-state index < -0.39 is 0 Å². The van der Waals surface area contributed by atoms with E-state index in [1.165, 1.54) is 0 Å². The van der Waals surface area contributed by atoms with Crippen LogP contribution in [0.1, 0.15) is 50.4 Å². The Morgan fingerprint density at radius 1 is 1.50 bits per heavy atom. The highest BCUT2D eigenvalue weighted by Crippen LogP contribution is 2.36. The van der Waals surface area contributed by atoms with E-state index in [1.54, 1.807) is 11.3 Å². The Labute approximate surface area is 112 Å². The van der Waals surface area contributed by atoms with E-state index in [0.29, 0.717) is 6.42 Å². The van der Waals surface area contributed by atoms with Gasteiger partial charge < -0.3 is 10.6 Å². The Balaban J connectivity index is 2.41. The Kier molecular flexibility index (Phi) is 3.47. The maximum absolute atomic E-state index is 12.2. The Morgan fingerprint density at radius 2 is 2.17 bits per heavy atom. The number of carbonyl (C=O) groups is 1. The van der Waals surface area contributed by atoms with Crippen molar-refractivity contribution in [1.82, 2.24) is 9.88 Å². The summed E-state index contributed by atoms with van der Waals surface area (Å²) in [5.74, 6) is 0.180. The van der Waals surface area contributed by atoms with Gasteiger partial charge in [0.05, 0.1) is 16.7 Å². The Bertz CT molecular complexity index is 449. The van der Waals surface area contributed by atoms with Crippen LogP contribution < -0.4 is 5.73 Å². The molecule has 2 unspecified atom stereocenters. The normalized spacial score (nSPS) is 25.6. The lowest BCUT2D eigenvalue weighted by atomic mass is 9.89. The molecule has 1 amide bonds. The maximum Gasteiger partial charge on any atom is 0.223 e. The second-order valence-corrected chi connectivity index (χ2v) is 6.94. The topological polar surface area (TPSA) is 59.2 Å². The molecule has 1 aromatic heterocycles. The molecule has 1 aliphatic rings. The summed E-state index contributed by atoms with van der Waals surface area (Å²) >= 11 is 1.61. The molecule has 1 aromatic rings. The van der Waals surface area contributed by atoms with Crippen LogP contribution >= 0.6 is 11.3 Å². The van der Waals surface area contributed by atoms with Gasteiger partial charge in [-0.3, -0.25) is 4.79 Å². The van der Waals surface area contributed by atoms with Crippen LogP contribution in [0.2, 0.25) is 0 Å². The second kappa shape index (κ2) is 4.63. The third-order valence-electron chi connectivity index (χ3n) is 3.31. The van der Waals surface area contributed by atoms with Gasteiger partial charge in [-0.15, -0.1) is 11.3 Å². The number of hydrogen-bond acceptors (Lipinski definition) is 4. The number of hydrogen-bond donors (Lipinski definition) is 1. The molecule has 0 aliphatic carbocycles. The largest absolute Gasteiger partial charge is 0.328 e. The first kappa shape index (κ1) is 13.5. The molecule has 2 heterocycles. The minimum absolute atomic E-state index is 0.0246. The number of nitrogens with zero attached hydrogens (tertiary/aromatic N) is 2. The number of piperidine rings is 1. The Hall–Kier alpha value is -0.940. The number of amides is 1. The van der Waals surface area contributed by atoms with E-state index in [1.807, 2.05) is 17.2 Å². The van der Waals surface area contributed by atoms with Gasteiger partial charge in [0.1, 0.15) is 0 Å². The van der Waals surface area contributed by atoms with E-state index in [0.717, 1.165) is 17.1 Å². The predicted molar refractivity (Wildman–Crippen MR) is 73.4 cm³/mol. The lowest BCUT2D eigenvalue weighted by molar-refractivity contribution is -0.144. The van der Waals surface area contributed by atoms with E-state index >= 15 is 0 Å². The quantitative estimate of drug-likeness (QED) is 0.849. The Morgan fingerprint density at radius 3 is 2.67 bits per heavy atom. The monoisotopic (exact) mass is 267 g/mol. The SMILES string of the molecule is Cc1nc(C2C(N)CCC(=O)N2C(C)(C)C)cs1. The van der Waals surface area contributed by atoms with Gasteiger partial charge in [0.15, 0.2) is 0 Å². The number of rotatable bonds is 1. The van der Waals surface area contributed by atoms with Crippen molar-refractivity contribution in [2.45, 2.75) is 58.2 Å². The molecule has 1 fully saturated rings. The molecule has 1 saturated heterocycles. The van der Waals surface area contributed by atoms with Gasteiger partial charge in [0, 0.05) is 23.4 Å². The van der Waals surface area contributed by atoms with Crippen molar-refractivity contribution in [3.63, 3.8) is 0 Å². The number of carbonyl (C=O) groups excluding carboxylic acids is 1. The number of nitrogens with two attached hydrogens (primary N) is 1. The summed E-state index contributed by atoms with van der Waals surface area (Å²) in [6.07, 6.45) is 1.28. The summed E-state index contributed by atoms with van der Waals surface area (Å²) < 4.78 is 0. The van der Waals surface area contributed by atoms with Crippen LogP contribution in [0, 0.1) is 6.92 Å². The van der Waals surface area contributed by atoms with E-state index in [2.05, 4.69) is 25.8 Å². The van der Waals surface area contributed by atoms with Crippen LogP contribution in [-0.4, -0.2) is 27.4 Å². The van der Waals surface area contributed by atoms with Crippen LogP contribution in [0.15, 0.2) is 5.38 Å². The van der Waals surface area contributed by atoms with Crippen molar-refractivity contribution >= 4 is 17.2 Å². The summed E-state index contributed by atoms with van der Waals surface area (Å²) in [7, 11) is 0. The molecular weight excluding hydrogens is 246 g/mol. The zero-order valence-electron chi connectivity index (χ0n) is 11.4. The van der Waals surface area contributed by atoms with Crippen LogP contribution in [0.5, 0.6) is 0 Å². The highest BCUT2D eigenvalue weighted by Gasteiger charge is 2.41. The molecule has 0 spiro atoms. The first-order valence-electron chi connectivity index (χ1n) is 6.30. The molecule has 5 heteroatoms. The molecule has 0 radical (unpaired) electrons. The van der Waals surface area contributed by atoms with Gasteiger partial charge in [-0.25, -0.2) is 4.98 Å². The van der Waals surface area contributed by atoms with Crippen LogP contribution in [0.4, 0.5) is 0 Å². The van der Waals surface area contributed by atoms with Gasteiger partial charge in [0.25, 0.3) is 0 Å². The van der Waals surface area contributed by atoms with Crippen LogP contribution in [-0.2, 0) is 4.79 Å². The fourth-order valence-corrected chi connectivity index (χ4v) is 3.22. The van der Waals surface area contributed by atoms with E-state index in [9.17, 15) is 4.79 Å². The molecule has 2 N–H and O–H groups in total.